The standard InChI is InChI=1S/C27H28FN3O2/c1-19-13-14-21(18-20(19)2)33-17-16-31-25-11-6-5-10-24(25)30-26(31)12-7-15-29-27(32)22-8-3-4-9-23(22)28/h3-6,8-11,13-14,18H,7,12,15-17H2,1-2H3,(H,29,32). The molecular weight excluding hydrogens is 417 g/mol. The number of carbonyl (C=O) groups is 1. The zero-order chi connectivity index (χ0) is 23.2. The maximum atomic E-state index is 13.8. The number of imidazole rings is 1. The Hall–Kier alpha value is -3.67. The summed E-state index contributed by atoms with van der Waals surface area (Å²) >= 11 is 0. The van der Waals surface area contributed by atoms with E-state index in [1.165, 1.54) is 23.3 Å². The maximum absolute atomic E-state index is 13.8. The van der Waals surface area contributed by atoms with Gasteiger partial charge in [0, 0.05) is 13.0 Å². The molecule has 0 aliphatic rings. The summed E-state index contributed by atoms with van der Waals surface area (Å²) < 4.78 is 22.0. The highest BCUT2D eigenvalue weighted by atomic mass is 19.1. The highest BCUT2D eigenvalue weighted by molar-refractivity contribution is 5.94. The lowest BCUT2D eigenvalue weighted by Crippen LogP contribution is -2.26. The number of halogens is 1. The summed E-state index contributed by atoms with van der Waals surface area (Å²) in [4.78, 5) is 17.0. The number of nitrogens with zero attached hydrogens (tertiary/aromatic N) is 2. The molecule has 5 nitrogen and oxygen atoms in total. The fraction of sp³-hybridized carbons (Fsp3) is 0.259. The van der Waals surface area contributed by atoms with E-state index in [9.17, 15) is 9.18 Å². The van der Waals surface area contributed by atoms with Crippen molar-refractivity contribution in [2.45, 2.75) is 33.2 Å². The minimum Gasteiger partial charge on any atom is -0.492 e. The average molecular weight is 446 g/mol. The van der Waals surface area contributed by atoms with Crippen molar-refractivity contribution in [2.24, 2.45) is 0 Å². The second kappa shape index (κ2) is 10.3. The number of rotatable bonds is 9. The number of benzene rings is 3. The van der Waals surface area contributed by atoms with E-state index in [1.807, 2.05) is 24.3 Å². The van der Waals surface area contributed by atoms with E-state index >= 15 is 0 Å². The summed E-state index contributed by atoms with van der Waals surface area (Å²) in [6, 6.07) is 20.2. The molecule has 0 spiro atoms. The lowest BCUT2D eigenvalue weighted by Gasteiger charge is -2.12. The van der Waals surface area contributed by atoms with Crippen LogP contribution in [0.25, 0.3) is 11.0 Å². The Morgan fingerprint density at radius 2 is 1.82 bits per heavy atom. The van der Waals surface area contributed by atoms with Crippen LogP contribution in [0.4, 0.5) is 4.39 Å². The van der Waals surface area contributed by atoms with Crippen LogP contribution in [0.5, 0.6) is 5.75 Å². The molecular formula is C27H28FN3O2. The van der Waals surface area contributed by atoms with Gasteiger partial charge in [0.2, 0.25) is 0 Å². The molecule has 0 unspecified atom stereocenters. The third-order valence-corrected chi connectivity index (χ3v) is 5.78. The molecule has 0 radical (unpaired) electrons. The topological polar surface area (TPSA) is 56.1 Å². The number of carbonyl (C=O) groups excluding carboxylic acids is 1. The summed E-state index contributed by atoms with van der Waals surface area (Å²) in [6.07, 6.45) is 1.39. The number of hydrogen-bond acceptors (Lipinski definition) is 3. The van der Waals surface area contributed by atoms with Crippen LogP contribution in [0.2, 0.25) is 0 Å². The molecule has 1 heterocycles. The molecule has 4 aromatic rings. The Bertz CT molecular complexity index is 1270. The van der Waals surface area contributed by atoms with E-state index in [0.717, 1.165) is 22.6 Å². The number of nitrogens with one attached hydrogen (secondary N) is 1. The SMILES string of the molecule is Cc1ccc(OCCn2c(CCCNC(=O)c3ccccc3F)nc3ccccc32)cc1C. The fourth-order valence-corrected chi connectivity index (χ4v) is 3.81. The van der Waals surface area contributed by atoms with Crippen LogP contribution in [0.15, 0.2) is 66.7 Å². The number of ether oxygens (including phenoxy) is 1. The van der Waals surface area contributed by atoms with Gasteiger partial charge in [0.05, 0.1) is 23.1 Å². The predicted molar refractivity (Wildman–Crippen MR) is 128 cm³/mol. The number of fused-ring (bicyclic) bond motifs is 1. The fourth-order valence-electron chi connectivity index (χ4n) is 3.81. The smallest absolute Gasteiger partial charge is 0.254 e. The first kappa shape index (κ1) is 22.5. The first-order valence-corrected chi connectivity index (χ1v) is 11.2. The van der Waals surface area contributed by atoms with Crippen LogP contribution >= 0.6 is 0 Å². The van der Waals surface area contributed by atoms with Gasteiger partial charge in [-0.25, -0.2) is 9.37 Å². The monoisotopic (exact) mass is 445 g/mol. The molecule has 0 atom stereocenters. The van der Waals surface area contributed by atoms with Gasteiger partial charge < -0.3 is 14.6 Å². The van der Waals surface area contributed by atoms with Gasteiger partial charge in [-0.15, -0.1) is 0 Å². The molecule has 0 fully saturated rings. The number of aryl methyl sites for hydroxylation is 3. The first-order chi connectivity index (χ1) is 16.0. The molecule has 1 amide bonds. The first-order valence-electron chi connectivity index (χ1n) is 11.2. The maximum Gasteiger partial charge on any atom is 0.254 e. The van der Waals surface area contributed by atoms with Crippen molar-refractivity contribution in [3.63, 3.8) is 0 Å². The van der Waals surface area contributed by atoms with Gasteiger partial charge in [0.25, 0.3) is 5.91 Å². The van der Waals surface area contributed by atoms with Crippen molar-refractivity contribution in [1.29, 1.82) is 0 Å². The van der Waals surface area contributed by atoms with Crippen LogP contribution in [0.1, 0.15) is 33.7 Å². The normalized spacial score (nSPS) is 11.0. The van der Waals surface area contributed by atoms with Gasteiger partial charge in [-0.2, -0.15) is 0 Å². The van der Waals surface area contributed by atoms with Crippen molar-refractivity contribution in [1.82, 2.24) is 14.9 Å². The van der Waals surface area contributed by atoms with Gasteiger partial charge >= 0.3 is 0 Å². The molecule has 0 aliphatic heterocycles. The Morgan fingerprint density at radius 1 is 1.03 bits per heavy atom. The predicted octanol–water partition coefficient (Wildman–Crippen LogP) is 5.23. The van der Waals surface area contributed by atoms with E-state index in [0.29, 0.717) is 32.5 Å². The zero-order valence-electron chi connectivity index (χ0n) is 19.0. The molecule has 0 aliphatic carbocycles. The molecule has 0 bridgehead atoms. The summed E-state index contributed by atoms with van der Waals surface area (Å²) in [5, 5.41) is 2.80. The van der Waals surface area contributed by atoms with Crippen LogP contribution in [-0.2, 0) is 13.0 Å². The Morgan fingerprint density at radius 3 is 2.64 bits per heavy atom. The van der Waals surface area contributed by atoms with Gasteiger partial charge in [-0.3, -0.25) is 4.79 Å². The van der Waals surface area contributed by atoms with Crippen molar-refractivity contribution in [3.8, 4) is 5.75 Å². The third-order valence-electron chi connectivity index (χ3n) is 5.78. The van der Waals surface area contributed by atoms with Crippen molar-refractivity contribution in [3.05, 3.63) is 95.1 Å². The van der Waals surface area contributed by atoms with E-state index in [4.69, 9.17) is 9.72 Å². The molecule has 6 heteroatoms. The number of para-hydroxylation sites is 2. The minimum absolute atomic E-state index is 0.0632. The van der Waals surface area contributed by atoms with Crippen LogP contribution < -0.4 is 10.1 Å². The molecule has 1 aromatic heterocycles. The summed E-state index contributed by atoms with van der Waals surface area (Å²) in [7, 11) is 0. The second-order valence-corrected chi connectivity index (χ2v) is 8.10. The lowest BCUT2D eigenvalue weighted by molar-refractivity contribution is 0.0949. The molecule has 4 rings (SSSR count). The molecule has 170 valence electrons. The average Bonchev–Trinajstić information content (AvgIpc) is 3.16. The van der Waals surface area contributed by atoms with Gasteiger partial charge in [0.15, 0.2) is 0 Å². The third kappa shape index (κ3) is 5.40. The summed E-state index contributed by atoms with van der Waals surface area (Å²) in [5.41, 5.74) is 4.51. The molecule has 0 saturated carbocycles. The molecule has 33 heavy (non-hydrogen) atoms. The highest BCUT2D eigenvalue weighted by Crippen LogP contribution is 2.19. The quantitative estimate of drug-likeness (QED) is 0.359. The van der Waals surface area contributed by atoms with E-state index in [2.05, 4.69) is 41.9 Å². The van der Waals surface area contributed by atoms with Crippen LogP contribution in [-0.4, -0.2) is 28.6 Å². The van der Waals surface area contributed by atoms with Crippen molar-refractivity contribution >= 4 is 16.9 Å². The molecule has 0 saturated heterocycles. The van der Waals surface area contributed by atoms with E-state index in [1.54, 1.807) is 12.1 Å². The van der Waals surface area contributed by atoms with E-state index in [-0.39, 0.29) is 5.56 Å². The second-order valence-electron chi connectivity index (χ2n) is 8.10. The van der Waals surface area contributed by atoms with E-state index < -0.39 is 11.7 Å². The highest BCUT2D eigenvalue weighted by Gasteiger charge is 2.12. The Kier molecular flexibility index (Phi) is 7.03. The number of hydrogen-bond donors (Lipinski definition) is 1. The van der Waals surface area contributed by atoms with Gasteiger partial charge in [0.1, 0.15) is 24.0 Å². The lowest BCUT2D eigenvalue weighted by atomic mass is 10.1. The van der Waals surface area contributed by atoms with Crippen LogP contribution in [0, 0.1) is 19.7 Å². The van der Waals surface area contributed by atoms with Crippen LogP contribution in [0.3, 0.4) is 0 Å². The summed E-state index contributed by atoms with van der Waals surface area (Å²) in [5.74, 6) is 0.893. The Balaban J connectivity index is 1.38. The summed E-state index contributed by atoms with van der Waals surface area (Å²) in [6.45, 7) is 5.80. The van der Waals surface area contributed by atoms with Gasteiger partial charge in [-0.1, -0.05) is 30.3 Å². The van der Waals surface area contributed by atoms with Crippen molar-refractivity contribution in [2.75, 3.05) is 13.2 Å². The molecule has 3 aromatic carbocycles. The van der Waals surface area contributed by atoms with Crippen molar-refractivity contribution < 1.29 is 13.9 Å². The molecule has 1 N–H and O–H groups in total. The number of amides is 1. The minimum atomic E-state index is -0.513. The zero-order valence-corrected chi connectivity index (χ0v) is 19.0. The van der Waals surface area contributed by atoms with Gasteiger partial charge in [-0.05, 0) is 67.8 Å². The largest absolute Gasteiger partial charge is 0.492 e. The Labute approximate surface area is 193 Å². The number of aromatic nitrogens is 2.